The lowest BCUT2D eigenvalue weighted by Gasteiger charge is -2.40. The summed E-state index contributed by atoms with van der Waals surface area (Å²) in [6, 6.07) is 10.4. The molecule has 0 bridgehead atoms. The number of rotatable bonds is 11. The van der Waals surface area contributed by atoms with E-state index in [2.05, 4.69) is 37.9 Å². The number of carbonyl (C=O) groups is 5. The first-order valence-corrected chi connectivity index (χ1v) is 17.3. The molecule has 5 unspecified atom stereocenters. The summed E-state index contributed by atoms with van der Waals surface area (Å²) in [6.45, 7) is 15.5. The van der Waals surface area contributed by atoms with Crippen molar-refractivity contribution >= 4 is 37.0 Å². The number of alkyl carbamates (subject to hydrolysis) is 1. The van der Waals surface area contributed by atoms with Crippen molar-refractivity contribution in [2.75, 3.05) is 26.3 Å². The number of nitrogens with zero attached hydrogens (tertiary/aromatic N) is 3. The highest BCUT2D eigenvalue weighted by atomic mass is 16.7. The van der Waals surface area contributed by atoms with Crippen molar-refractivity contribution in [2.24, 2.45) is 0 Å². The molecule has 280 valence electrons. The molecule has 3 saturated heterocycles. The lowest BCUT2D eigenvalue weighted by molar-refractivity contribution is -0.175. The van der Waals surface area contributed by atoms with Gasteiger partial charge in [-0.15, -0.1) is 0 Å². The monoisotopic (exact) mass is 714 g/mol. The zero-order valence-corrected chi connectivity index (χ0v) is 30.4. The number of morpholine rings is 1. The molecule has 0 aromatic heterocycles. The Bertz CT molecular complexity index is 1430. The highest BCUT2D eigenvalue weighted by Crippen LogP contribution is 2.37. The summed E-state index contributed by atoms with van der Waals surface area (Å²) in [5.41, 5.74) is -2.22. The van der Waals surface area contributed by atoms with E-state index in [4.69, 9.17) is 24.0 Å². The Labute approximate surface area is 299 Å². The van der Waals surface area contributed by atoms with Crippen LogP contribution in [0.25, 0.3) is 0 Å². The Morgan fingerprint density at radius 2 is 1.86 bits per heavy atom. The maximum atomic E-state index is 13.0. The smallest absolute Gasteiger partial charge is 0.508 e. The minimum atomic E-state index is -2.39. The number of nitriles is 1. The van der Waals surface area contributed by atoms with Gasteiger partial charge in [-0.3, -0.25) is 19.3 Å². The summed E-state index contributed by atoms with van der Waals surface area (Å²) in [7, 11) is -1.63. The van der Waals surface area contributed by atoms with Gasteiger partial charge in [-0.25, -0.2) is 9.59 Å². The van der Waals surface area contributed by atoms with E-state index >= 15 is 0 Å². The van der Waals surface area contributed by atoms with Crippen LogP contribution in [0, 0.1) is 11.3 Å². The number of ether oxygens (including phenoxy) is 2. The van der Waals surface area contributed by atoms with Gasteiger partial charge in [-0.2, -0.15) is 5.26 Å². The van der Waals surface area contributed by atoms with Crippen molar-refractivity contribution in [3.63, 3.8) is 0 Å². The molecule has 3 fully saturated rings. The fraction of sp³-hybridized carbons (Fsp3) is 0.657. The molecule has 3 aliphatic rings. The standard InChI is InChI=1S/C26H32BN3O10.C9H19NO/c1-3-25(11-9-17(2)30(25)20(31)10-12-28)16-38-24(37)29-19(13-18-7-5-4-6-8-18)27-39-22(34)15-26(40-27,23(35)36)14-21(32)33;1-8-7-10(5-6-11-8)9(2,3)4/h4-8,17,19H,3,9-11,13-16H2,1-2H3,(H,29,37)(H,32,33)(H,35,36);8H,5-7H2,1-4H3. The quantitative estimate of drug-likeness (QED) is 0.282. The van der Waals surface area contributed by atoms with E-state index in [0.29, 0.717) is 36.5 Å². The Morgan fingerprint density at radius 1 is 1.18 bits per heavy atom. The number of carboxylic acids is 2. The molecule has 16 heteroatoms. The summed E-state index contributed by atoms with van der Waals surface area (Å²) in [4.78, 5) is 65.6. The van der Waals surface area contributed by atoms with E-state index in [1.54, 1.807) is 35.2 Å². The van der Waals surface area contributed by atoms with Gasteiger partial charge in [0.15, 0.2) is 5.60 Å². The lowest BCUT2D eigenvalue weighted by atomic mass is 9.71. The number of nitrogens with one attached hydrogen (secondary N) is 1. The van der Waals surface area contributed by atoms with Crippen LogP contribution in [0.1, 0.15) is 85.6 Å². The van der Waals surface area contributed by atoms with Crippen molar-refractivity contribution in [3.8, 4) is 6.07 Å². The number of hydrogen-bond donors (Lipinski definition) is 3. The van der Waals surface area contributed by atoms with Crippen LogP contribution in [0.2, 0.25) is 0 Å². The van der Waals surface area contributed by atoms with E-state index in [9.17, 15) is 34.2 Å². The van der Waals surface area contributed by atoms with Crippen LogP contribution in [-0.2, 0) is 44.4 Å². The molecule has 4 rings (SSSR count). The van der Waals surface area contributed by atoms with Gasteiger partial charge in [-0.1, -0.05) is 37.3 Å². The summed E-state index contributed by atoms with van der Waals surface area (Å²) in [5, 5.41) is 30.6. The zero-order chi connectivity index (χ0) is 38.0. The highest BCUT2D eigenvalue weighted by molar-refractivity contribution is 6.50. The summed E-state index contributed by atoms with van der Waals surface area (Å²) >= 11 is 0. The number of carboxylic acid groups (broad SMARTS) is 2. The van der Waals surface area contributed by atoms with Crippen molar-refractivity contribution in [3.05, 3.63) is 35.9 Å². The summed E-state index contributed by atoms with van der Waals surface area (Å²) in [6.07, 6.45) is -0.940. The van der Waals surface area contributed by atoms with E-state index in [1.165, 1.54) is 0 Å². The van der Waals surface area contributed by atoms with Gasteiger partial charge in [0.05, 0.1) is 43.1 Å². The number of amides is 2. The number of aliphatic carboxylic acids is 2. The van der Waals surface area contributed by atoms with Gasteiger partial charge in [0, 0.05) is 24.7 Å². The van der Waals surface area contributed by atoms with Crippen LogP contribution in [0.5, 0.6) is 0 Å². The van der Waals surface area contributed by atoms with Crippen LogP contribution in [-0.4, -0.2) is 118 Å². The molecular weight excluding hydrogens is 663 g/mol. The Morgan fingerprint density at radius 3 is 2.41 bits per heavy atom. The second-order valence-corrected chi connectivity index (χ2v) is 14.4. The average Bonchev–Trinajstić information content (AvgIpc) is 3.39. The normalized spacial score (nSPS) is 25.8. The molecule has 0 spiro atoms. The van der Waals surface area contributed by atoms with E-state index < -0.39 is 61.0 Å². The second kappa shape index (κ2) is 17.8. The molecule has 0 aliphatic carbocycles. The molecular formula is C35H51BN4O11. The van der Waals surface area contributed by atoms with Gasteiger partial charge in [0.1, 0.15) is 13.0 Å². The van der Waals surface area contributed by atoms with Crippen molar-refractivity contribution in [1.29, 1.82) is 5.26 Å². The second-order valence-electron chi connectivity index (χ2n) is 14.4. The molecule has 1 aromatic rings. The molecule has 3 aliphatic heterocycles. The Kier molecular flexibility index (Phi) is 14.4. The summed E-state index contributed by atoms with van der Waals surface area (Å²) in [5.74, 6) is -5.65. The zero-order valence-electron chi connectivity index (χ0n) is 30.4. The van der Waals surface area contributed by atoms with Crippen LogP contribution in [0.15, 0.2) is 30.3 Å². The highest BCUT2D eigenvalue weighted by Gasteiger charge is 2.55. The fourth-order valence-electron chi connectivity index (χ4n) is 6.76. The molecule has 0 saturated carbocycles. The van der Waals surface area contributed by atoms with Crippen LogP contribution in [0.4, 0.5) is 4.79 Å². The maximum Gasteiger partial charge on any atom is 0.552 e. The maximum absolute atomic E-state index is 13.0. The van der Waals surface area contributed by atoms with Crippen LogP contribution < -0.4 is 5.32 Å². The van der Waals surface area contributed by atoms with Gasteiger partial charge in [-0.05, 0) is 65.9 Å². The largest absolute Gasteiger partial charge is 0.552 e. The van der Waals surface area contributed by atoms with Crippen molar-refractivity contribution < 1.29 is 53.0 Å². The average molecular weight is 715 g/mol. The lowest BCUT2D eigenvalue weighted by Crippen LogP contribution is -2.62. The number of benzene rings is 1. The molecule has 3 heterocycles. The first kappa shape index (κ1) is 41.2. The predicted molar refractivity (Wildman–Crippen MR) is 184 cm³/mol. The molecule has 51 heavy (non-hydrogen) atoms. The van der Waals surface area contributed by atoms with Crippen molar-refractivity contribution in [1.82, 2.24) is 15.1 Å². The number of likely N-dealkylation sites (tertiary alicyclic amines) is 1. The minimum absolute atomic E-state index is 0.0272. The summed E-state index contributed by atoms with van der Waals surface area (Å²) < 4.78 is 21.8. The predicted octanol–water partition coefficient (Wildman–Crippen LogP) is 3.19. The third kappa shape index (κ3) is 11.1. The molecule has 0 radical (unpaired) electrons. The minimum Gasteiger partial charge on any atom is -0.508 e. The van der Waals surface area contributed by atoms with Crippen molar-refractivity contribution in [2.45, 2.75) is 121 Å². The molecule has 5 atom stereocenters. The third-order valence-corrected chi connectivity index (χ3v) is 9.57. The topological polar surface area (TPSA) is 205 Å². The fourth-order valence-corrected chi connectivity index (χ4v) is 6.76. The van der Waals surface area contributed by atoms with Gasteiger partial charge in [0.25, 0.3) is 5.97 Å². The van der Waals surface area contributed by atoms with E-state index in [0.717, 1.165) is 19.7 Å². The first-order chi connectivity index (χ1) is 23.9. The van der Waals surface area contributed by atoms with Gasteiger partial charge >= 0.3 is 25.2 Å². The third-order valence-electron chi connectivity index (χ3n) is 9.57. The van der Waals surface area contributed by atoms with Gasteiger partial charge in [0.2, 0.25) is 5.91 Å². The number of hydrogen-bond acceptors (Lipinski definition) is 11. The van der Waals surface area contributed by atoms with Gasteiger partial charge < -0.3 is 39.2 Å². The number of carbonyl (C=O) groups excluding carboxylic acids is 3. The molecule has 3 N–H and O–H groups in total. The SMILES string of the molecule is CC1CN(C(C)(C)C)CCO1.CCC1(COC(=O)NC(Cc2ccccc2)B2OC(=O)CC(CC(=O)O)(C(=O)O)O2)CCC(C)N1C(=O)CC#N. The molecule has 2 amide bonds. The van der Waals surface area contributed by atoms with Crippen LogP contribution in [0.3, 0.4) is 0 Å². The Balaban J connectivity index is 0.000000542. The van der Waals surface area contributed by atoms with E-state index in [-0.39, 0.29) is 31.4 Å². The van der Waals surface area contributed by atoms with Crippen LogP contribution >= 0.6 is 0 Å². The molecule has 1 aromatic carbocycles. The first-order valence-electron chi connectivity index (χ1n) is 17.3. The Hall–Kier alpha value is -4.20. The molecule has 15 nitrogen and oxygen atoms in total. The van der Waals surface area contributed by atoms with E-state index in [1.807, 2.05) is 19.9 Å².